The molecule has 1 rings (SSSR count). The Kier molecular flexibility index (Phi) is 6.60. The maximum atomic E-state index is 3.52. The molecule has 86 valence electrons. The van der Waals surface area contributed by atoms with Crippen molar-refractivity contribution in [1.82, 2.24) is 10.0 Å². The van der Waals surface area contributed by atoms with Crippen LogP contribution < -0.4 is 10.0 Å². The molecule has 0 radical (unpaired) electrons. The fourth-order valence-electron chi connectivity index (χ4n) is 1.41. The summed E-state index contributed by atoms with van der Waals surface area (Å²) in [5, 5.41) is 3.89. The van der Waals surface area contributed by atoms with Crippen LogP contribution in [0.1, 0.15) is 33.1 Å². The van der Waals surface area contributed by atoms with Crippen LogP contribution in [0.3, 0.4) is 0 Å². The number of nitrogens with one attached hydrogen (secondary N) is 2. The molecule has 0 amide bonds. The topological polar surface area (TPSA) is 24.1 Å². The van der Waals surface area contributed by atoms with Gasteiger partial charge in [-0.1, -0.05) is 44.0 Å². The second kappa shape index (κ2) is 7.83. The van der Waals surface area contributed by atoms with Crippen molar-refractivity contribution in [2.24, 2.45) is 0 Å². The fraction of sp³-hybridized carbons (Fsp3) is 0.667. The van der Waals surface area contributed by atoms with Crippen molar-refractivity contribution in [2.45, 2.75) is 44.4 Å². The lowest BCUT2D eigenvalue weighted by atomic mass is 10.2. The Morgan fingerprint density at radius 3 is 3.13 bits per heavy atom. The third-order valence-corrected chi connectivity index (χ3v) is 3.39. The molecule has 3 heteroatoms. The monoisotopic (exact) mass is 226 g/mol. The second-order valence-corrected chi connectivity index (χ2v) is 5.18. The summed E-state index contributed by atoms with van der Waals surface area (Å²) in [4.78, 5) is 0. The maximum absolute atomic E-state index is 3.52. The molecule has 2 N–H and O–H groups in total. The van der Waals surface area contributed by atoms with Crippen molar-refractivity contribution in [1.29, 1.82) is 0 Å². The average Bonchev–Trinajstić information content (AvgIpc) is 2.28. The minimum absolute atomic E-state index is 0.581. The molecule has 0 aromatic heterocycles. The summed E-state index contributed by atoms with van der Waals surface area (Å²) in [5.41, 5.74) is 0. The zero-order valence-electron chi connectivity index (χ0n) is 9.70. The van der Waals surface area contributed by atoms with E-state index in [0.717, 1.165) is 25.8 Å². The standard InChI is InChI=1S/C12H22N2S/c1-3-4-5-7-11(2)15-14-12-8-6-9-13-10-12/h4-6,9,11-14H,3,7-8,10H2,1-2H3/b5-4-. The first-order valence-corrected chi connectivity index (χ1v) is 6.65. The van der Waals surface area contributed by atoms with Gasteiger partial charge in [0.2, 0.25) is 0 Å². The number of rotatable bonds is 6. The van der Waals surface area contributed by atoms with Gasteiger partial charge in [0.05, 0.1) is 0 Å². The Balaban J connectivity index is 2.07. The summed E-state index contributed by atoms with van der Waals surface area (Å²) in [7, 11) is 0. The van der Waals surface area contributed by atoms with E-state index in [4.69, 9.17) is 0 Å². The molecule has 0 saturated carbocycles. The highest BCUT2D eigenvalue weighted by Crippen LogP contribution is 2.13. The van der Waals surface area contributed by atoms with Crippen molar-refractivity contribution >= 4 is 11.9 Å². The predicted octanol–water partition coefficient (Wildman–Crippen LogP) is 2.84. The van der Waals surface area contributed by atoms with Crippen molar-refractivity contribution < 1.29 is 0 Å². The highest BCUT2D eigenvalue weighted by molar-refractivity contribution is 7.98. The highest BCUT2D eigenvalue weighted by Gasteiger charge is 2.10. The van der Waals surface area contributed by atoms with Gasteiger partial charge in [-0.25, -0.2) is 0 Å². The Morgan fingerprint density at radius 1 is 1.60 bits per heavy atom. The molecule has 0 fully saturated rings. The lowest BCUT2D eigenvalue weighted by molar-refractivity contribution is 0.581. The summed E-state index contributed by atoms with van der Waals surface area (Å²) >= 11 is 1.86. The van der Waals surface area contributed by atoms with Crippen molar-refractivity contribution in [3.63, 3.8) is 0 Å². The van der Waals surface area contributed by atoms with E-state index in [9.17, 15) is 0 Å². The van der Waals surface area contributed by atoms with Crippen LogP contribution in [0.25, 0.3) is 0 Å². The number of hydrogen-bond acceptors (Lipinski definition) is 3. The van der Waals surface area contributed by atoms with Gasteiger partial charge in [0, 0.05) is 17.8 Å². The second-order valence-electron chi connectivity index (χ2n) is 3.90. The Bertz CT molecular complexity index is 214. The van der Waals surface area contributed by atoms with E-state index >= 15 is 0 Å². The molecule has 2 nitrogen and oxygen atoms in total. The Morgan fingerprint density at radius 2 is 2.47 bits per heavy atom. The molecule has 0 bridgehead atoms. The minimum Gasteiger partial charge on any atom is -0.390 e. The van der Waals surface area contributed by atoms with Gasteiger partial charge in [-0.2, -0.15) is 0 Å². The third-order valence-electron chi connectivity index (χ3n) is 2.33. The van der Waals surface area contributed by atoms with Crippen LogP contribution in [0.5, 0.6) is 0 Å². The summed E-state index contributed by atoms with van der Waals surface area (Å²) in [6.07, 6.45) is 12.2. The molecule has 1 aliphatic rings. The first-order valence-electron chi connectivity index (χ1n) is 5.77. The molecule has 0 aliphatic carbocycles. The molecule has 0 aromatic carbocycles. The van der Waals surface area contributed by atoms with Crippen LogP contribution in [0.4, 0.5) is 0 Å². The zero-order valence-corrected chi connectivity index (χ0v) is 10.5. The van der Waals surface area contributed by atoms with Gasteiger partial charge in [0.25, 0.3) is 0 Å². The molecule has 2 atom stereocenters. The number of allylic oxidation sites excluding steroid dienone is 2. The predicted molar refractivity (Wildman–Crippen MR) is 69.8 cm³/mol. The average molecular weight is 226 g/mol. The summed E-state index contributed by atoms with van der Waals surface area (Å²) < 4.78 is 3.52. The van der Waals surface area contributed by atoms with Crippen molar-refractivity contribution in [3.05, 3.63) is 24.4 Å². The molecule has 0 spiro atoms. The zero-order chi connectivity index (χ0) is 10.9. The first-order chi connectivity index (χ1) is 7.33. The molecule has 1 heterocycles. The van der Waals surface area contributed by atoms with Gasteiger partial charge < -0.3 is 5.32 Å². The largest absolute Gasteiger partial charge is 0.390 e. The normalized spacial score (nSPS) is 22.9. The molecular weight excluding hydrogens is 204 g/mol. The molecule has 0 aromatic rings. The van der Waals surface area contributed by atoms with Gasteiger partial charge in [0.1, 0.15) is 0 Å². The molecule has 1 aliphatic heterocycles. The van der Waals surface area contributed by atoms with Gasteiger partial charge in [-0.15, -0.1) is 0 Å². The van der Waals surface area contributed by atoms with E-state index in [0.29, 0.717) is 11.3 Å². The fourth-order valence-corrected chi connectivity index (χ4v) is 2.23. The molecular formula is C12H22N2S. The minimum atomic E-state index is 0.581. The van der Waals surface area contributed by atoms with Gasteiger partial charge in [-0.3, -0.25) is 4.72 Å². The summed E-state index contributed by atoms with van der Waals surface area (Å²) in [6.45, 7) is 5.48. The van der Waals surface area contributed by atoms with E-state index in [1.807, 2.05) is 18.1 Å². The molecule has 2 unspecified atom stereocenters. The van der Waals surface area contributed by atoms with Gasteiger partial charge in [0.15, 0.2) is 0 Å². The van der Waals surface area contributed by atoms with E-state index in [2.05, 4.69) is 42.1 Å². The van der Waals surface area contributed by atoms with Crippen LogP contribution in [0, 0.1) is 0 Å². The maximum Gasteiger partial charge on any atom is 0.0379 e. The Labute approximate surface area is 97.7 Å². The van der Waals surface area contributed by atoms with Crippen LogP contribution in [0.15, 0.2) is 24.4 Å². The van der Waals surface area contributed by atoms with Gasteiger partial charge >= 0.3 is 0 Å². The quantitative estimate of drug-likeness (QED) is 0.538. The first kappa shape index (κ1) is 12.7. The van der Waals surface area contributed by atoms with Crippen molar-refractivity contribution in [2.75, 3.05) is 6.54 Å². The summed E-state index contributed by atoms with van der Waals surface area (Å²) in [6, 6.07) is 0.581. The number of hydrogen-bond donors (Lipinski definition) is 2. The molecule has 0 saturated heterocycles. The third kappa shape index (κ3) is 5.90. The van der Waals surface area contributed by atoms with Crippen LogP contribution in [-0.2, 0) is 0 Å². The van der Waals surface area contributed by atoms with Crippen LogP contribution in [0.2, 0.25) is 0 Å². The van der Waals surface area contributed by atoms with Gasteiger partial charge in [-0.05, 0) is 25.5 Å². The van der Waals surface area contributed by atoms with Crippen molar-refractivity contribution in [3.8, 4) is 0 Å². The SMILES string of the molecule is CC/C=C\CC(C)SNC1CC=CNC1. The van der Waals surface area contributed by atoms with E-state index < -0.39 is 0 Å². The van der Waals surface area contributed by atoms with Crippen LogP contribution in [-0.4, -0.2) is 17.8 Å². The van der Waals surface area contributed by atoms with E-state index in [1.54, 1.807) is 0 Å². The Hall–Kier alpha value is -0.410. The smallest absolute Gasteiger partial charge is 0.0379 e. The van der Waals surface area contributed by atoms with E-state index in [1.165, 1.54) is 0 Å². The van der Waals surface area contributed by atoms with Crippen LogP contribution >= 0.6 is 11.9 Å². The van der Waals surface area contributed by atoms with E-state index in [-0.39, 0.29) is 0 Å². The molecule has 15 heavy (non-hydrogen) atoms. The summed E-state index contributed by atoms with van der Waals surface area (Å²) in [5.74, 6) is 0. The lowest BCUT2D eigenvalue weighted by Gasteiger charge is -2.21. The highest BCUT2D eigenvalue weighted by atomic mass is 32.2. The lowest BCUT2D eigenvalue weighted by Crippen LogP contribution is -2.36.